The fourth-order valence-corrected chi connectivity index (χ4v) is 4.39. The van der Waals surface area contributed by atoms with E-state index in [0.29, 0.717) is 47.5 Å². The van der Waals surface area contributed by atoms with Crippen molar-refractivity contribution in [1.82, 2.24) is 0 Å². The Labute approximate surface area is 203 Å². The Kier molecular flexibility index (Phi) is 6.26. The van der Waals surface area contributed by atoms with Gasteiger partial charge >= 0.3 is 0 Å². The first-order valence-corrected chi connectivity index (χ1v) is 11.6. The first-order chi connectivity index (χ1) is 17.1. The first-order valence-electron chi connectivity index (χ1n) is 11.6. The van der Waals surface area contributed by atoms with Crippen molar-refractivity contribution in [3.63, 3.8) is 0 Å². The van der Waals surface area contributed by atoms with E-state index in [-0.39, 0.29) is 17.6 Å². The minimum atomic E-state index is -0.222. The number of furan rings is 1. The van der Waals surface area contributed by atoms with E-state index in [9.17, 15) is 14.4 Å². The summed E-state index contributed by atoms with van der Waals surface area (Å²) in [6.07, 6.45) is 3.09. The summed E-state index contributed by atoms with van der Waals surface area (Å²) in [7, 11) is 0. The smallest absolute Gasteiger partial charge is 0.258 e. The van der Waals surface area contributed by atoms with Gasteiger partial charge in [0, 0.05) is 35.8 Å². The van der Waals surface area contributed by atoms with Gasteiger partial charge < -0.3 is 14.6 Å². The lowest BCUT2D eigenvalue weighted by Gasteiger charge is -2.20. The molecular formula is C29H24N2O4. The van der Waals surface area contributed by atoms with Gasteiger partial charge in [-0.2, -0.15) is 0 Å². The minimum Gasteiger partial charge on any atom is -0.456 e. The highest BCUT2D eigenvalue weighted by Crippen LogP contribution is 2.31. The molecule has 0 bridgehead atoms. The summed E-state index contributed by atoms with van der Waals surface area (Å²) < 4.78 is 5.59. The second-order valence-electron chi connectivity index (χ2n) is 8.43. The van der Waals surface area contributed by atoms with Crippen LogP contribution in [-0.4, -0.2) is 24.6 Å². The zero-order valence-corrected chi connectivity index (χ0v) is 19.1. The summed E-state index contributed by atoms with van der Waals surface area (Å²) in [6.45, 7) is 0.554. The zero-order chi connectivity index (χ0) is 24.2. The zero-order valence-electron chi connectivity index (χ0n) is 19.1. The second-order valence-corrected chi connectivity index (χ2v) is 8.43. The van der Waals surface area contributed by atoms with Crippen molar-refractivity contribution in [2.24, 2.45) is 0 Å². The largest absolute Gasteiger partial charge is 0.456 e. The molecular weight excluding hydrogens is 440 g/mol. The Morgan fingerprint density at radius 3 is 2.40 bits per heavy atom. The van der Waals surface area contributed by atoms with Gasteiger partial charge in [0.05, 0.1) is 5.69 Å². The number of nitrogens with zero attached hydrogens (tertiary/aromatic N) is 1. The molecule has 1 aliphatic heterocycles. The van der Waals surface area contributed by atoms with Crippen LogP contribution in [-0.2, 0) is 6.42 Å². The van der Waals surface area contributed by atoms with E-state index in [2.05, 4.69) is 5.32 Å². The van der Waals surface area contributed by atoms with E-state index < -0.39 is 0 Å². The van der Waals surface area contributed by atoms with E-state index >= 15 is 0 Å². The van der Waals surface area contributed by atoms with Crippen molar-refractivity contribution in [3.8, 4) is 11.1 Å². The number of aldehydes is 1. The van der Waals surface area contributed by atoms with Crippen LogP contribution in [0.2, 0.25) is 0 Å². The number of benzene rings is 3. The van der Waals surface area contributed by atoms with Gasteiger partial charge in [-0.25, -0.2) is 0 Å². The highest BCUT2D eigenvalue weighted by Gasteiger charge is 2.26. The molecule has 0 unspecified atom stereocenters. The normalized spacial score (nSPS) is 13.0. The molecule has 0 radical (unpaired) electrons. The van der Waals surface area contributed by atoms with Gasteiger partial charge in [-0.05, 0) is 54.3 Å². The van der Waals surface area contributed by atoms with E-state index in [1.54, 1.807) is 41.3 Å². The Morgan fingerprint density at radius 1 is 0.886 bits per heavy atom. The Hall–Kier alpha value is -4.45. The van der Waals surface area contributed by atoms with Crippen molar-refractivity contribution < 1.29 is 18.8 Å². The van der Waals surface area contributed by atoms with Crippen LogP contribution in [0.3, 0.4) is 0 Å². The van der Waals surface area contributed by atoms with Crippen molar-refractivity contribution in [3.05, 3.63) is 108 Å². The molecule has 6 nitrogen and oxygen atoms in total. The van der Waals surface area contributed by atoms with E-state index in [4.69, 9.17) is 4.42 Å². The maximum absolute atomic E-state index is 13.3. The van der Waals surface area contributed by atoms with Crippen LogP contribution in [0.4, 0.5) is 11.4 Å². The molecule has 1 N–H and O–H groups in total. The molecule has 1 aromatic heterocycles. The SMILES string of the molecule is O=Cc1cc2c(o1)CCCCN2C(=O)c1ccc(NC(=O)c2ccccc2-c2ccccc2)cc1. The number of fused-ring (bicyclic) bond motifs is 1. The van der Waals surface area contributed by atoms with Crippen molar-refractivity contribution in [2.75, 3.05) is 16.8 Å². The number of carbonyl (C=O) groups excluding carboxylic acids is 3. The Morgan fingerprint density at radius 2 is 1.63 bits per heavy atom. The summed E-state index contributed by atoms with van der Waals surface area (Å²) in [6, 6.07) is 25.7. The number of aryl methyl sites for hydroxylation is 1. The average Bonchev–Trinajstić information content (AvgIpc) is 3.22. The summed E-state index contributed by atoms with van der Waals surface area (Å²) in [5.41, 5.74) is 4.13. The van der Waals surface area contributed by atoms with Crippen molar-refractivity contribution in [1.29, 1.82) is 0 Å². The standard InChI is InChI=1S/C29H24N2O4/c32-19-23-18-26-27(35-23)12-6-7-17-31(26)29(34)21-13-15-22(16-14-21)30-28(33)25-11-5-4-10-24(25)20-8-2-1-3-9-20/h1-5,8-11,13-16,18-19H,6-7,12,17H2,(H,30,33). The van der Waals surface area contributed by atoms with Gasteiger partial charge in [0.1, 0.15) is 5.76 Å². The molecule has 0 saturated carbocycles. The van der Waals surface area contributed by atoms with Crippen LogP contribution in [0.1, 0.15) is 49.9 Å². The lowest BCUT2D eigenvalue weighted by atomic mass is 9.99. The van der Waals surface area contributed by atoms with Gasteiger partial charge in [0.2, 0.25) is 0 Å². The van der Waals surface area contributed by atoms with Crippen molar-refractivity contribution >= 4 is 29.5 Å². The van der Waals surface area contributed by atoms with Crippen LogP contribution in [0.25, 0.3) is 11.1 Å². The van der Waals surface area contributed by atoms with Gasteiger partial charge in [0.25, 0.3) is 11.8 Å². The average molecular weight is 465 g/mol. The molecule has 35 heavy (non-hydrogen) atoms. The summed E-state index contributed by atoms with van der Waals surface area (Å²) >= 11 is 0. The number of nitrogens with one attached hydrogen (secondary N) is 1. The van der Waals surface area contributed by atoms with Crippen molar-refractivity contribution in [2.45, 2.75) is 19.3 Å². The molecule has 1 aliphatic rings. The van der Waals surface area contributed by atoms with Crippen LogP contribution in [0.5, 0.6) is 0 Å². The molecule has 0 saturated heterocycles. The highest BCUT2D eigenvalue weighted by molar-refractivity contribution is 6.10. The van der Waals surface area contributed by atoms with Gasteiger partial charge in [-0.1, -0.05) is 48.5 Å². The molecule has 0 spiro atoms. The van der Waals surface area contributed by atoms with E-state index in [0.717, 1.165) is 24.0 Å². The quantitative estimate of drug-likeness (QED) is 0.368. The lowest BCUT2D eigenvalue weighted by Crippen LogP contribution is -2.31. The molecule has 5 rings (SSSR count). The van der Waals surface area contributed by atoms with Crippen LogP contribution in [0.15, 0.2) is 89.3 Å². The first kappa shape index (κ1) is 22.3. The maximum Gasteiger partial charge on any atom is 0.258 e. The fourth-order valence-electron chi connectivity index (χ4n) is 4.39. The predicted octanol–water partition coefficient (Wildman–Crippen LogP) is 5.99. The topological polar surface area (TPSA) is 79.6 Å². The third-order valence-electron chi connectivity index (χ3n) is 6.14. The molecule has 2 heterocycles. The fraction of sp³-hybridized carbons (Fsp3) is 0.138. The van der Waals surface area contributed by atoms with Crippen LogP contribution >= 0.6 is 0 Å². The monoisotopic (exact) mass is 464 g/mol. The van der Waals surface area contributed by atoms with Gasteiger partial charge in [0.15, 0.2) is 12.0 Å². The summed E-state index contributed by atoms with van der Waals surface area (Å²) in [5, 5.41) is 2.93. The molecule has 2 amide bonds. The summed E-state index contributed by atoms with van der Waals surface area (Å²) in [5.74, 6) is 0.502. The molecule has 4 aromatic rings. The van der Waals surface area contributed by atoms with Crippen LogP contribution in [0, 0.1) is 0 Å². The van der Waals surface area contributed by atoms with E-state index in [1.807, 2.05) is 48.5 Å². The van der Waals surface area contributed by atoms with Gasteiger partial charge in [-0.15, -0.1) is 0 Å². The molecule has 3 aromatic carbocycles. The molecule has 0 aliphatic carbocycles. The highest BCUT2D eigenvalue weighted by atomic mass is 16.3. The number of hydrogen-bond acceptors (Lipinski definition) is 4. The predicted molar refractivity (Wildman–Crippen MR) is 135 cm³/mol. The van der Waals surface area contributed by atoms with Gasteiger partial charge in [-0.3, -0.25) is 14.4 Å². The number of hydrogen-bond donors (Lipinski definition) is 1. The summed E-state index contributed by atoms with van der Waals surface area (Å²) in [4.78, 5) is 39.2. The molecule has 0 fully saturated rings. The second kappa shape index (κ2) is 9.81. The Balaban J connectivity index is 1.34. The molecule has 174 valence electrons. The number of rotatable bonds is 5. The van der Waals surface area contributed by atoms with Crippen LogP contribution < -0.4 is 10.2 Å². The molecule has 6 heteroatoms. The number of carbonyl (C=O) groups is 3. The maximum atomic E-state index is 13.3. The third kappa shape index (κ3) is 4.64. The van der Waals surface area contributed by atoms with E-state index in [1.165, 1.54) is 0 Å². The third-order valence-corrected chi connectivity index (χ3v) is 6.14. The Bertz CT molecular complexity index is 1370. The molecule has 0 atom stereocenters. The minimum absolute atomic E-state index is 0.168. The lowest BCUT2D eigenvalue weighted by molar-refractivity contribution is 0.0985. The number of anilines is 2. The number of amides is 2.